The zero-order valence-corrected chi connectivity index (χ0v) is 15.9. The van der Waals surface area contributed by atoms with Gasteiger partial charge in [-0.25, -0.2) is 4.79 Å². The first kappa shape index (κ1) is 18.2. The molecule has 1 heterocycles. The molecule has 3 heteroatoms. The second-order valence-electron chi connectivity index (χ2n) is 7.86. The van der Waals surface area contributed by atoms with Gasteiger partial charge in [0.25, 0.3) is 0 Å². The summed E-state index contributed by atoms with van der Waals surface area (Å²) in [6.45, 7) is 8.88. The third-order valence-corrected chi connectivity index (χ3v) is 5.29. The van der Waals surface area contributed by atoms with E-state index in [-0.39, 0.29) is 11.0 Å². The lowest BCUT2D eigenvalue weighted by atomic mass is 9.72. The highest BCUT2D eigenvalue weighted by atomic mass is 16.4. The van der Waals surface area contributed by atoms with Gasteiger partial charge in [0.05, 0.1) is 11.8 Å². The minimum Gasteiger partial charge on any atom is -0.478 e. The van der Waals surface area contributed by atoms with E-state index in [4.69, 9.17) is 4.42 Å². The summed E-state index contributed by atoms with van der Waals surface area (Å²) in [6.07, 6.45) is 11.6. The standard InChI is InChI=1S/C23H26O3/c1-15(7-10-20-16(2)6-5-11-23(20,3)4)12-21-19-13-17(22(24)25)8-9-18(19)14-26-21/h7-10,12-14H,5-6,11H2,1-4H3,(H,24,25). The van der Waals surface area contributed by atoms with Crippen molar-refractivity contribution in [2.24, 2.45) is 5.41 Å². The lowest BCUT2D eigenvalue weighted by Gasteiger charge is -2.32. The highest BCUT2D eigenvalue weighted by Crippen LogP contribution is 2.40. The first-order chi connectivity index (χ1) is 12.3. The maximum Gasteiger partial charge on any atom is 0.335 e. The number of fused-ring (bicyclic) bond motifs is 1. The summed E-state index contributed by atoms with van der Waals surface area (Å²) in [5.41, 5.74) is 4.45. The van der Waals surface area contributed by atoms with Gasteiger partial charge >= 0.3 is 5.97 Å². The van der Waals surface area contributed by atoms with Crippen molar-refractivity contribution in [1.29, 1.82) is 0 Å². The van der Waals surface area contributed by atoms with Crippen molar-refractivity contribution in [2.45, 2.75) is 47.0 Å². The van der Waals surface area contributed by atoms with Crippen molar-refractivity contribution >= 4 is 22.8 Å². The molecule has 1 aliphatic rings. The molecule has 2 aromatic rings. The predicted octanol–water partition coefficient (Wildman–Crippen LogP) is 6.62. The number of allylic oxidation sites excluding steroid dienone is 5. The summed E-state index contributed by atoms with van der Waals surface area (Å²) in [7, 11) is 0. The van der Waals surface area contributed by atoms with Crippen LogP contribution in [0.5, 0.6) is 0 Å². The number of furan rings is 1. The summed E-state index contributed by atoms with van der Waals surface area (Å²) in [5.74, 6) is -0.236. The summed E-state index contributed by atoms with van der Waals surface area (Å²) in [4.78, 5) is 11.2. The zero-order valence-electron chi connectivity index (χ0n) is 15.9. The van der Waals surface area contributed by atoms with Crippen molar-refractivity contribution < 1.29 is 14.3 Å². The van der Waals surface area contributed by atoms with Crippen LogP contribution in [0, 0.1) is 5.41 Å². The SMILES string of the molecule is CC(C=CC1=C(C)CCCC1(C)C)=Cc1occ2ccc(C(=O)O)cc12. The van der Waals surface area contributed by atoms with Gasteiger partial charge in [-0.1, -0.05) is 37.6 Å². The Morgan fingerprint density at radius 3 is 2.77 bits per heavy atom. The highest BCUT2D eigenvalue weighted by Gasteiger charge is 2.26. The minimum atomic E-state index is -0.929. The second-order valence-corrected chi connectivity index (χ2v) is 7.86. The number of carboxylic acid groups (broad SMARTS) is 1. The molecular formula is C23H26O3. The van der Waals surface area contributed by atoms with E-state index in [0.29, 0.717) is 5.76 Å². The number of hydrogen-bond donors (Lipinski definition) is 1. The van der Waals surface area contributed by atoms with E-state index in [0.717, 1.165) is 16.3 Å². The van der Waals surface area contributed by atoms with Crippen LogP contribution < -0.4 is 0 Å². The largest absolute Gasteiger partial charge is 0.478 e. The van der Waals surface area contributed by atoms with E-state index >= 15 is 0 Å². The molecule has 0 aliphatic heterocycles. The Hall–Kier alpha value is -2.55. The zero-order chi connectivity index (χ0) is 18.9. The van der Waals surface area contributed by atoms with Crippen LogP contribution in [0.25, 0.3) is 16.8 Å². The average molecular weight is 350 g/mol. The maximum absolute atomic E-state index is 11.2. The van der Waals surface area contributed by atoms with E-state index in [1.165, 1.54) is 30.4 Å². The average Bonchev–Trinajstić information content (AvgIpc) is 2.96. The fourth-order valence-electron chi connectivity index (χ4n) is 3.79. The molecule has 3 nitrogen and oxygen atoms in total. The van der Waals surface area contributed by atoms with Crippen LogP contribution in [-0.2, 0) is 0 Å². The molecule has 0 amide bonds. The van der Waals surface area contributed by atoms with Gasteiger partial charge in [0.1, 0.15) is 5.76 Å². The fraction of sp³-hybridized carbons (Fsp3) is 0.348. The Labute approximate surface area is 154 Å². The van der Waals surface area contributed by atoms with Crippen molar-refractivity contribution in [3.63, 3.8) is 0 Å². The molecular weight excluding hydrogens is 324 g/mol. The lowest BCUT2D eigenvalue weighted by Crippen LogP contribution is -2.19. The number of carboxylic acids is 1. The summed E-state index contributed by atoms with van der Waals surface area (Å²) in [6, 6.07) is 5.05. The van der Waals surface area contributed by atoms with Crippen molar-refractivity contribution in [3.05, 3.63) is 64.7 Å². The molecule has 136 valence electrons. The summed E-state index contributed by atoms with van der Waals surface area (Å²) >= 11 is 0. The third kappa shape index (κ3) is 3.67. The van der Waals surface area contributed by atoms with Crippen molar-refractivity contribution in [1.82, 2.24) is 0 Å². The van der Waals surface area contributed by atoms with Crippen LogP contribution in [0.15, 0.2) is 57.8 Å². The molecule has 0 saturated heterocycles. The van der Waals surface area contributed by atoms with Gasteiger partial charge in [-0.15, -0.1) is 0 Å². The van der Waals surface area contributed by atoms with Crippen LogP contribution in [0.2, 0.25) is 0 Å². The Morgan fingerprint density at radius 2 is 2.08 bits per heavy atom. The smallest absolute Gasteiger partial charge is 0.335 e. The van der Waals surface area contributed by atoms with E-state index < -0.39 is 5.97 Å². The molecule has 1 aliphatic carbocycles. The van der Waals surface area contributed by atoms with E-state index in [9.17, 15) is 9.90 Å². The van der Waals surface area contributed by atoms with Crippen LogP contribution in [0.3, 0.4) is 0 Å². The van der Waals surface area contributed by atoms with Crippen molar-refractivity contribution in [2.75, 3.05) is 0 Å². The number of rotatable bonds is 4. The highest BCUT2D eigenvalue weighted by molar-refractivity contribution is 5.96. The minimum absolute atomic E-state index is 0.215. The Morgan fingerprint density at radius 1 is 1.31 bits per heavy atom. The van der Waals surface area contributed by atoms with Gasteiger partial charge in [-0.3, -0.25) is 0 Å². The summed E-state index contributed by atoms with van der Waals surface area (Å²) < 4.78 is 5.66. The van der Waals surface area contributed by atoms with Gasteiger partial charge in [0.2, 0.25) is 0 Å². The normalized spacial score (nSPS) is 18.1. The number of benzene rings is 1. The Kier molecular flexibility index (Phi) is 4.90. The molecule has 0 radical (unpaired) electrons. The Bertz CT molecular complexity index is 936. The quantitative estimate of drug-likeness (QED) is 0.631. The van der Waals surface area contributed by atoms with Crippen LogP contribution in [0.1, 0.15) is 63.1 Å². The molecule has 26 heavy (non-hydrogen) atoms. The van der Waals surface area contributed by atoms with Crippen molar-refractivity contribution in [3.8, 4) is 0 Å². The van der Waals surface area contributed by atoms with E-state index in [2.05, 4.69) is 32.9 Å². The van der Waals surface area contributed by atoms with Crippen LogP contribution >= 0.6 is 0 Å². The molecule has 0 saturated carbocycles. The molecule has 0 fully saturated rings. The molecule has 0 spiro atoms. The molecule has 1 N–H and O–H groups in total. The molecule has 0 atom stereocenters. The van der Waals surface area contributed by atoms with Gasteiger partial charge < -0.3 is 9.52 Å². The molecule has 1 aromatic carbocycles. The lowest BCUT2D eigenvalue weighted by molar-refractivity contribution is 0.0697. The maximum atomic E-state index is 11.2. The predicted molar refractivity (Wildman–Crippen MR) is 106 cm³/mol. The first-order valence-electron chi connectivity index (χ1n) is 9.09. The number of carbonyl (C=O) groups is 1. The van der Waals surface area contributed by atoms with E-state index in [1.807, 2.05) is 13.0 Å². The second kappa shape index (κ2) is 6.99. The number of aromatic carboxylic acids is 1. The van der Waals surface area contributed by atoms with Crippen LogP contribution in [-0.4, -0.2) is 11.1 Å². The molecule has 1 aromatic heterocycles. The molecule has 3 rings (SSSR count). The fourth-order valence-corrected chi connectivity index (χ4v) is 3.79. The van der Waals surface area contributed by atoms with E-state index in [1.54, 1.807) is 24.5 Å². The van der Waals surface area contributed by atoms with Gasteiger partial charge in [-0.2, -0.15) is 0 Å². The van der Waals surface area contributed by atoms with Crippen LogP contribution in [0.4, 0.5) is 0 Å². The van der Waals surface area contributed by atoms with Gasteiger partial charge in [0.15, 0.2) is 0 Å². The monoisotopic (exact) mass is 350 g/mol. The molecule has 0 bridgehead atoms. The Balaban J connectivity index is 1.92. The number of hydrogen-bond acceptors (Lipinski definition) is 2. The molecule has 0 unspecified atom stereocenters. The van der Waals surface area contributed by atoms with Gasteiger partial charge in [-0.05, 0) is 67.9 Å². The third-order valence-electron chi connectivity index (χ3n) is 5.29. The van der Waals surface area contributed by atoms with Gasteiger partial charge in [0, 0.05) is 10.8 Å². The first-order valence-corrected chi connectivity index (χ1v) is 9.09. The summed E-state index contributed by atoms with van der Waals surface area (Å²) in [5, 5.41) is 10.9. The topological polar surface area (TPSA) is 50.4 Å².